The molecule has 0 aliphatic rings. The van der Waals surface area contributed by atoms with Crippen molar-refractivity contribution < 1.29 is 32.9 Å². The first-order chi connectivity index (χ1) is 23.5. The zero-order valence-corrected chi connectivity index (χ0v) is 32.8. The number of hydrogen-bond donors (Lipinski definition) is 2. The van der Waals surface area contributed by atoms with Crippen LogP contribution < -0.4 is 10.2 Å². The highest BCUT2D eigenvalue weighted by Gasteiger charge is 2.23. The van der Waals surface area contributed by atoms with Crippen molar-refractivity contribution in [2.24, 2.45) is 0 Å². The minimum atomic E-state index is -4.57. The number of hydrogen-bond acceptors (Lipinski definition) is 6. The summed E-state index contributed by atoms with van der Waals surface area (Å²) in [6, 6.07) is -0.886. The molecule has 0 fully saturated rings. The van der Waals surface area contributed by atoms with Gasteiger partial charge < -0.3 is 28.8 Å². The highest BCUT2D eigenvalue weighted by molar-refractivity contribution is 7.45. The van der Waals surface area contributed by atoms with Gasteiger partial charge in [-0.1, -0.05) is 139 Å². The largest absolute Gasteiger partial charge is 0.756 e. The van der Waals surface area contributed by atoms with Gasteiger partial charge in [0, 0.05) is 6.42 Å². The average Bonchev–Trinajstić information content (AvgIpc) is 3.04. The van der Waals surface area contributed by atoms with Crippen molar-refractivity contribution in [3.63, 3.8) is 0 Å². The number of nitrogens with one attached hydrogen (secondary N) is 1. The van der Waals surface area contributed by atoms with Gasteiger partial charge >= 0.3 is 0 Å². The highest BCUT2D eigenvalue weighted by Crippen LogP contribution is 2.38. The zero-order chi connectivity index (χ0) is 36.5. The standard InChI is InChI=1S/C40H73N2O6P/c1-6-8-10-12-13-14-15-16-17-18-19-20-21-22-23-24-25-26-27-28-29-30-32-34-40(44)41-38(39(43)33-31-11-9-7-2)37-48-49(45,46)47-36-35-42(3,4)5/h8,10,13-14,16-17,19-20,31,33,38-39,43H,6-7,9,11-12,15,18,21-30,32,34-37H2,1-5H3,(H-,41,44,45,46)/b10-8-,14-13-,17-16-,20-19-,33-31+. The molecule has 3 atom stereocenters. The first-order valence-corrected chi connectivity index (χ1v) is 20.6. The third-order valence-corrected chi connectivity index (χ3v) is 8.95. The molecule has 0 aliphatic heterocycles. The van der Waals surface area contributed by atoms with Crippen LogP contribution in [0.15, 0.2) is 60.8 Å². The summed E-state index contributed by atoms with van der Waals surface area (Å²) in [5.74, 6) is -0.216. The number of carbonyl (C=O) groups excluding carboxylic acids is 1. The third kappa shape index (κ3) is 34.4. The Balaban J connectivity index is 4.09. The number of quaternary nitrogens is 1. The molecule has 0 aromatic heterocycles. The lowest BCUT2D eigenvalue weighted by Gasteiger charge is -2.29. The molecule has 3 unspecified atom stereocenters. The highest BCUT2D eigenvalue weighted by atomic mass is 31.2. The maximum Gasteiger partial charge on any atom is 0.268 e. The van der Waals surface area contributed by atoms with Gasteiger partial charge in [0.15, 0.2) is 0 Å². The zero-order valence-electron chi connectivity index (χ0n) is 31.9. The summed E-state index contributed by atoms with van der Waals surface area (Å²) in [5.41, 5.74) is 0. The van der Waals surface area contributed by atoms with Gasteiger partial charge in [0.1, 0.15) is 13.2 Å². The molecule has 0 saturated heterocycles. The summed E-state index contributed by atoms with van der Waals surface area (Å²) in [4.78, 5) is 24.9. The third-order valence-electron chi connectivity index (χ3n) is 7.98. The van der Waals surface area contributed by atoms with Gasteiger partial charge in [0.25, 0.3) is 7.82 Å². The summed E-state index contributed by atoms with van der Waals surface area (Å²) in [6.45, 7) is 4.34. The number of aliphatic hydroxyl groups is 1. The van der Waals surface area contributed by atoms with Crippen LogP contribution in [0.2, 0.25) is 0 Å². The lowest BCUT2D eigenvalue weighted by atomic mass is 10.0. The maximum absolute atomic E-state index is 12.7. The van der Waals surface area contributed by atoms with Crippen LogP contribution in [-0.4, -0.2) is 68.5 Å². The summed E-state index contributed by atoms with van der Waals surface area (Å²) in [5, 5.41) is 13.4. The van der Waals surface area contributed by atoms with Crippen molar-refractivity contribution in [3.8, 4) is 0 Å². The van der Waals surface area contributed by atoms with Crippen molar-refractivity contribution in [1.82, 2.24) is 5.32 Å². The van der Waals surface area contributed by atoms with Gasteiger partial charge in [-0.05, 0) is 51.4 Å². The predicted molar refractivity (Wildman–Crippen MR) is 205 cm³/mol. The van der Waals surface area contributed by atoms with E-state index >= 15 is 0 Å². The van der Waals surface area contributed by atoms with Crippen LogP contribution in [0.5, 0.6) is 0 Å². The normalized spacial score (nSPS) is 15.3. The topological polar surface area (TPSA) is 108 Å². The van der Waals surface area contributed by atoms with Crippen LogP contribution in [0.1, 0.15) is 136 Å². The van der Waals surface area contributed by atoms with E-state index in [1.807, 2.05) is 27.2 Å². The van der Waals surface area contributed by atoms with Crippen LogP contribution in [-0.2, 0) is 18.4 Å². The SMILES string of the molecule is CC/C=C\C/C=C\C/C=C\C/C=C\CCCCCCCCCCCCC(=O)NC(COP(=O)([O-])OCC[N+](C)(C)C)C(O)/C=C/CCCC. The van der Waals surface area contributed by atoms with Gasteiger partial charge in [-0.15, -0.1) is 0 Å². The smallest absolute Gasteiger partial charge is 0.268 e. The van der Waals surface area contributed by atoms with Crippen molar-refractivity contribution in [1.29, 1.82) is 0 Å². The number of amides is 1. The number of rotatable bonds is 33. The number of likely N-dealkylation sites (N-methyl/N-ethyl adjacent to an activating group) is 1. The van der Waals surface area contributed by atoms with E-state index in [9.17, 15) is 19.4 Å². The molecule has 0 aromatic rings. The predicted octanol–water partition coefficient (Wildman–Crippen LogP) is 9.27. The molecule has 0 rings (SSSR count). The second-order valence-electron chi connectivity index (χ2n) is 13.9. The molecule has 8 nitrogen and oxygen atoms in total. The number of carbonyl (C=O) groups is 1. The molecule has 2 N–H and O–H groups in total. The fourth-order valence-electron chi connectivity index (χ4n) is 4.89. The lowest BCUT2D eigenvalue weighted by Crippen LogP contribution is -2.45. The van der Waals surface area contributed by atoms with E-state index in [-0.39, 0.29) is 19.1 Å². The summed E-state index contributed by atoms with van der Waals surface area (Å²) >= 11 is 0. The van der Waals surface area contributed by atoms with Crippen molar-refractivity contribution in [2.45, 2.75) is 148 Å². The minimum absolute atomic E-state index is 0.00592. The van der Waals surface area contributed by atoms with Crippen molar-refractivity contribution in [3.05, 3.63) is 60.8 Å². The molecule has 9 heteroatoms. The van der Waals surface area contributed by atoms with E-state index in [4.69, 9.17) is 9.05 Å². The van der Waals surface area contributed by atoms with E-state index < -0.39 is 20.0 Å². The molecule has 0 bridgehead atoms. The van der Waals surface area contributed by atoms with E-state index in [1.165, 1.54) is 51.4 Å². The van der Waals surface area contributed by atoms with Gasteiger partial charge in [-0.3, -0.25) is 9.36 Å². The maximum atomic E-state index is 12.7. The number of phosphoric ester groups is 1. The van der Waals surface area contributed by atoms with Crippen molar-refractivity contribution in [2.75, 3.05) is 40.9 Å². The number of unbranched alkanes of at least 4 members (excludes halogenated alkanes) is 12. The molecule has 0 aromatic carbocycles. The van der Waals surface area contributed by atoms with E-state index in [0.717, 1.165) is 64.2 Å². The Hall–Kier alpha value is -1.80. The summed E-state index contributed by atoms with van der Waals surface area (Å²) in [6.07, 6.45) is 40.4. The van der Waals surface area contributed by atoms with E-state index in [0.29, 0.717) is 17.4 Å². The number of phosphoric acid groups is 1. The van der Waals surface area contributed by atoms with Gasteiger partial charge in [0.05, 0.1) is 39.9 Å². The molecule has 0 aliphatic carbocycles. The van der Waals surface area contributed by atoms with E-state index in [1.54, 1.807) is 6.08 Å². The Morgan fingerprint density at radius 2 is 1.24 bits per heavy atom. The number of aliphatic hydroxyl groups excluding tert-OH is 1. The lowest BCUT2D eigenvalue weighted by molar-refractivity contribution is -0.870. The molecule has 0 heterocycles. The summed E-state index contributed by atoms with van der Waals surface area (Å²) < 4.78 is 22.9. The number of allylic oxidation sites excluding steroid dienone is 9. The Morgan fingerprint density at radius 1 is 0.735 bits per heavy atom. The van der Waals surface area contributed by atoms with Crippen molar-refractivity contribution >= 4 is 13.7 Å². The van der Waals surface area contributed by atoms with Gasteiger partial charge in [-0.2, -0.15) is 0 Å². The fraction of sp³-hybridized carbons (Fsp3) is 0.725. The van der Waals surface area contributed by atoms with Crippen LogP contribution in [0.3, 0.4) is 0 Å². The van der Waals surface area contributed by atoms with Crippen LogP contribution >= 0.6 is 7.82 Å². The Morgan fingerprint density at radius 3 is 1.80 bits per heavy atom. The monoisotopic (exact) mass is 709 g/mol. The average molecular weight is 709 g/mol. The molecule has 284 valence electrons. The molecule has 49 heavy (non-hydrogen) atoms. The second-order valence-corrected chi connectivity index (χ2v) is 15.3. The molecular formula is C40H73N2O6P. The van der Waals surface area contributed by atoms with Gasteiger partial charge in [0.2, 0.25) is 5.91 Å². The Labute approximate surface area is 301 Å². The first-order valence-electron chi connectivity index (χ1n) is 19.2. The second kappa shape index (κ2) is 32.1. The van der Waals surface area contributed by atoms with Gasteiger partial charge in [-0.25, -0.2) is 0 Å². The molecule has 0 spiro atoms. The van der Waals surface area contributed by atoms with Crippen LogP contribution in [0.4, 0.5) is 0 Å². The quantitative estimate of drug-likeness (QED) is 0.0305. The van der Waals surface area contributed by atoms with E-state index in [2.05, 4.69) is 67.8 Å². The first kappa shape index (κ1) is 47.2. The minimum Gasteiger partial charge on any atom is -0.756 e. The molecule has 1 amide bonds. The Bertz CT molecular complexity index is 986. The molecule has 0 saturated carbocycles. The molecule has 0 radical (unpaired) electrons. The van der Waals surface area contributed by atoms with Crippen LogP contribution in [0.25, 0.3) is 0 Å². The Kier molecular flexibility index (Phi) is 31.0. The fourth-order valence-corrected chi connectivity index (χ4v) is 5.61. The molecular weight excluding hydrogens is 635 g/mol. The summed E-state index contributed by atoms with van der Waals surface area (Å²) in [7, 11) is 1.24. The van der Waals surface area contributed by atoms with Crippen LogP contribution in [0, 0.1) is 0 Å². The number of nitrogens with zero attached hydrogens (tertiary/aromatic N) is 1.